The topological polar surface area (TPSA) is 68.3 Å². The molecule has 2 rings (SSSR count). The smallest absolute Gasteiger partial charge is 0.163 e. The second kappa shape index (κ2) is 4.69. The van der Waals surface area contributed by atoms with Gasteiger partial charge >= 0.3 is 0 Å². The summed E-state index contributed by atoms with van der Waals surface area (Å²) in [6.07, 6.45) is 3.77. The van der Waals surface area contributed by atoms with Crippen LogP contribution in [0.3, 0.4) is 0 Å². The third kappa shape index (κ3) is 2.00. The SMILES string of the molecule is N#Cc1cc2c(cc1CN)OC/C=C\CO2. The van der Waals surface area contributed by atoms with Crippen molar-refractivity contribution in [3.63, 3.8) is 0 Å². The van der Waals surface area contributed by atoms with Crippen LogP contribution in [0.4, 0.5) is 0 Å². The summed E-state index contributed by atoms with van der Waals surface area (Å²) in [6, 6.07) is 5.55. The van der Waals surface area contributed by atoms with Crippen LogP contribution in [-0.2, 0) is 6.54 Å². The Bertz CT molecular complexity index is 461. The summed E-state index contributed by atoms with van der Waals surface area (Å²) in [7, 11) is 0. The molecule has 82 valence electrons. The first-order valence-corrected chi connectivity index (χ1v) is 5.03. The van der Waals surface area contributed by atoms with Crippen LogP contribution in [0, 0.1) is 11.3 Å². The molecule has 4 nitrogen and oxygen atoms in total. The standard InChI is InChI=1S/C12H12N2O2/c13-7-9-5-11-12(6-10(9)8-14)16-4-2-1-3-15-11/h1-2,5-6H,3-4,7,13H2/b2-1-. The second-order valence-corrected chi connectivity index (χ2v) is 3.37. The van der Waals surface area contributed by atoms with Crippen LogP contribution >= 0.6 is 0 Å². The van der Waals surface area contributed by atoms with Gasteiger partial charge in [0.2, 0.25) is 0 Å². The minimum Gasteiger partial charge on any atom is -0.486 e. The molecule has 1 aliphatic rings. The van der Waals surface area contributed by atoms with Crippen LogP contribution in [0.5, 0.6) is 11.5 Å². The van der Waals surface area contributed by atoms with E-state index in [0.29, 0.717) is 36.8 Å². The molecule has 0 aromatic heterocycles. The molecule has 0 amide bonds. The molecule has 1 heterocycles. The fourth-order valence-electron chi connectivity index (χ4n) is 1.51. The van der Waals surface area contributed by atoms with E-state index >= 15 is 0 Å². The van der Waals surface area contributed by atoms with Crippen molar-refractivity contribution in [2.45, 2.75) is 6.54 Å². The largest absolute Gasteiger partial charge is 0.486 e. The van der Waals surface area contributed by atoms with Crippen LogP contribution in [-0.4, -0.2) is 13.2 Å². The van der Waals surface area contributed by atoms with E-state index in [1.807, 2.05) is 12.2 Å². The lowest BCUT2D eigenvalue weighted by atomic mass is 10.1. The number of benzene rings is 1. The number of fused-ring (bicyclic) bond motifs is 1. The van der Waals surface area contributed by atoms with E-state index in [1.54, 1.807) is 12.1 Å². The molecule has 16 heavy (non-hydrogen) atoms. The maximum absolute atomic E-state index is 8.96. The average molecular weight is 216 g/mol. The highest BCUT2D eigenvalue weighted by atomic mass is 16.5. The molecule has 0 aliphatic carbocycles. The predicted molar refractivity (Wildman–Crippen MR) is 59.2 cm³/mol. The molecule has 0 saturated heterocycles. The van der Waals surface area contributed by atoms with Crippen molar-refractivity contribution in [1.82, 2.24) is 0 Å². The van der Waals surface area contributed by atoms with Gasteiger partial charge in [-0.05, 0) is 23.8 Å². The summed E-state index contributed by atoms with van der Waals surface area (Å²) < 4.78 is 11.0. The Morgan fingerprint density at radius 3 is 2.38 bits per heavy atom. The molecular formula is C12H12N2O2. The normalized spacial score (nSPS) is 15.8. The molecule has 0 spiro atoms. The molecule has 1 aliphatic heterocycles. The lowest BCUT2D eigenvalue weighted by Gasteiger charge is -2.15. The summed E-state index contributed by atoms with van der Waals surface area (Å²) in [6.45, 7) is 1.31. The van der Waals surface area contributed by atoms with Gasteiger partial charge in [-0.15, -0.1) is 0 Å². The minimum atomic E-state index is 0.315. The molecule has 0 atom stereocenters. The summed E-state index contributed by atoms with van der Waals surface area (Å²) >= 11 is 0. The molecule has 0 radical (unpaired) electrons. The maximum atomic E-state index is 8.96. The molecular weight excluding hydrogens is 204 g/mol. The van der Waals surface area contributed by atoms with Crippen molar-refractivity contribution < 1.29 is 9.47 Å². The molecule has 2 N–H and O–H groups in total. The zero-order valence-electron chi connectivity index (χ0n) is 8.77. The lowest BCUT2D eigenvalue weighted by Crippen LogP contribution is -2.07. The van der Waals surface area contributed by atoms with Gasteiger partial charge < -0.3 is 15.2 Å². The monoisotopic (exact) mass is 216 g/mol. The summed E-state index contributed by atoms with van der Waals surface area (Å²) in [5.41, 5.74) is 6.88. The zero-order chi connectivity index (χ0) is 11.4. The number of nitrogens with zero attached hydrogens (tertiary/aromatic N) is 1. The summed E-state index contributed by atoms with van der Waals surface area (Å²) in [4.78, 5) is 0. The van der Waals surface area contributed by atoms with Crippen LogP contribution in [0.15, 0.2) is 24.3 Å². The first kappa shape index (κ1) is 10.5. The number of nitrogens with two attached hydrogens (primary N) is 1. The van der Waals surface area contributed by atoms with Gasteiger partial charge in [-0.3, -0.25) is 0 Å². The van der Waals surface area contributed by atoms with Gasteiger partial charge in [-0.2, -0.15) is 5.26 Å². The Labute approximate surface area is 93.9 Å². The Hall–Kier alpha value is -1.99. The van der Waals surface area contributed by atoms with Crippen molar-refractivity contribution >= 4 is 0 Å². The molecule has 1 aromatic carbocycles. The van der Waals surface area contributed by atoms with E-state index in [-0.39, 0.29) is 0 Å². The van der Waals surface area contributed by atoms with Gasteiger partial charge in [-0.25, -0.2) is 0 Å². The first-order chi connectivity index (χ1) is 7.85. The summed E-state index contributed by atoms with van der Waals surface area (Å²) in [5, 5.41) is 8.96. The van der Waals surface area contributed by atoms with Gasteiger partial charge in [-0.1, -0.05) is 0 Å². The zero-order valence-corrected chi connectivity index (χ0v) is 8.77. The van der Waals surface area contributed by atoms with E-state index in [0.717, 1.165) is 5.56 Å². The van der Waals surface area contributed by atoms with Crippen LogP contribution in [0.2, 0.25) is 0 Å². The Morgan fingerprint density at radius 1 is 1.19 bits per heavy atom. The number of nitriles is 1. The molecule has 0 saturated carbocycles. The molecule has 4 heteroatoms. The van der Waals surface area contributed by atoms with Crippen molar-refractivity contribution in [2.75, 3.05) is 13.2 Å². The average Bonchev–Trinajstić information content (AvgIpc) is 2.29. The molecule has 0 unspecified atom stereocenters. The first-order valence-electron chi connectivity index (χ1n) is 5.03. The summed E-state index contributed by atoms with van der Waals surface area (Å²) in [5.74, 6) is 1.24. The molecule has 0 fully saturated rings. The third-order valence-electron chi connectivity index (χ3n) is 2.35. The van der Waals surface area contributed by atoms with Gasteiger partial charge in [0.1, 0.15) is 13.2 Å². The fraction of sp³-hybridized carbons (Fsp3) is 0.250. The van der Waals surface area contributed by atoms with Crippen LogP contribution in [0.25, 0.3) is 0 Å². The number of ether oxygens (including phenoxy) is 2. The number of rotatable bonds is 1. The van der Waals surface area contributed by atoms with Crippen molar-refractivity contribution in [2.24, 2.45) is 5.73 Å². The molecule has 1 aromatic rings. The van der Waals surface area contributed by atoms with E-state index in [9.17, 15) is 0 Å². The van der Waals surface area contributed by atoms with Crippen LogP contribution < -0.4 is 15.2 Å². The van der Waals surface area contributed by atoms with Gasteiger partial charge in [0.05, 0.1) is 11.6 Å². The molecule has 0 bridgehead atoms. The highest BCUT2D eigenvalue weighted by Crippen LogP contribution is 2.31. The number of hydrogen-bond donors (Lipinski definition) is 1. The highest BCUT2D eigenvalue weighted by molar-refractivity contribution is 5.52. The number of hydrogen-bond acceptors (Lipinski definition) is 4. The lowest BCUT2D eigenvalue weighted by molar-refractivity contribution is 0.296. The van der Waals surface area contributed by atoms with Crippen molar-refractivity contribution in [1.29, 1.82) is 5.26 Å². The van der Waals surface area contributed by atoms with Crippen molar-refractivity contribution in [3.05, 3.63) is 35.4 Å². The van der Waals surface area contributed by atoms with Gasteiger partial charge in [0.25, 0.3) is 0 Å². The minimum absolute atomic E-state index is 0.315. The second-order valence-electron chi connectivity index (χ2n) is 3.37. The maximum Gasteiger partial charge on any atom is 0.163 e. The van der Waals surface area contributed by atoms with E-state index in [4.69, 9.17) is 20.5 Å². The van der Waals surface area contributed by atoms with E-state index in [2.05, 4.69) is 6.07 Å². The predicted octanol–water partition coefficient (Wildman–Crippen LogP) is 1.34. The van der Waals surface area contributed by atoms with E-state index in [1.165, 1.54) is 0 Å². The van der Waals surface area contributed by atoms with Crippen LogP contribution in [0.1, 0.15) is 11.1 Å². The van der Waals surface area contributed by atoms with Crippen molar-refractivity contribution in [3.8, 4) is 17.6 Å². The Morgan fingerprint density at radius 2 is 1.81 bits per heavy atom. The Balaban J connectivity index is 2.44. The van der Waals surface area contributed by atoms with Gasteiger partial charge in [0.15, 0.2) is 11.5 Å². The van der Waals surface area contributed by atoms with E-state index < -0.39 is 0 Å². The van der Waals surface area contributed by atoms with Gasteiger partial charge in [0, 0.05) is 12.6 Å². The fourth-order valence-corrected chi connectivity index (χ4v) is 1.51. The Kier molecular flexibility index (Phi) is 3.08. The highest BCUT2D eigenvalue weighted by Gasteiger charge is 2.11. The third-order valence-corrected chi connectivity index (χ3v) is 2.35. The quantitative estimate of drug-likeness (QED) is 0.719.